The van der Waals surface area contributed by atoms with Gasteiger partial charge >= 0.3 is 12.2 Å². The molecule has 0 bridgehead atoms. The number of likely N-dealkylation sites (tertiary alicyclic amines) is 1. The first-order chi connectivity index (χ1) is 20.6. The van der Waals surface area contributed by atoms with E-state index >= 15 is 0 Å². The van der Waals surface area contributed by atoms with Gasteiger partial charge in [-0.15, -0.1) is 0 Å². The van der Waals surface area contributed by atoms with Gasteiger partial charge in [0.1, 0.15) is 18.0 Å². The van der Waals surface area contributed by atoms with E-state index in [1.807, 2.05) is 62.1 Å². The number of ether oxygens (including phenoxy) is 2. The SMILES string of the molecule is CC(C)(C)OC(=O)N1CC(CCC(Nc2cccc(S(N)(=O)=O)n2)C2=CCN(C(=O)OCc3ccccc3)CC2)CC1(C)C. The molecule has 4 rings (SSSR count). The molecule has 2 atom stereocenters. The third kappa shape index (κ3) is 9.18. The van der Waals surface area contributed by atoms with Gasteiger partial charge in [0.15, 0.2) is 5.03 Å². The average molecular weight is 628 g/mol. The molecule has 3 heterocycles. The van der Waals surface area contributed by atoms with Crippen LogP contribution in [0.3, 0.4) is 0 Å². The molecule has 240 valence electrons. The van der Waals surface area contributed by atoms with Crippen molar-refractivity contribution in [2.24, 2.45) is 11.1 Å². The van der Waals surface area contributed by atoms with Crippen molar-refractivity contribution < 1.29 is 27.5 Å². The van der Waals surface area contributed by atoms with Crippen LogP contribution in [0.25, 0.3) is 0 Å². The molecule has 1 aromatic heterocycles. The summed E-state index contributed by atoms with van der Waals surface area (Å²) in [7, 11) is -3.97. The number of aromatic nitrogens is 1. The summed E-state index contributed by atoms with van der Waals surface area (Å²) in [5.74, 6) is 0.647. The second-order valence-electron chi connectivity index (χ2n) is 13.2. The number of sulfonamides is 1. The summed E-state index contributed by atoms with van der Waals surface area (Å²) < 4.78 is 35.1. The van der Waals surface area contributed by atoms with Crippen LogP contribution in [0, 0.1) is 5.92 Å². The number of nitrogens with one attached hydrogen (secondary N) is 1. The minimum absolute atomic E-state index is 0.167. The molecule has 2 amide bonds. The number of pyridine rings is 1. The highest BCUT2D eigenvalue weighted by Gasteiger charge is 2.43. The molecule has 1 fully saturated rings. The summed E-state index contributed by atoms with van der Waals surface area (Å²) in [5, 5.41) is 8.54. The number of rotatable bonds is 9. The number of nitrogens with zero attached hydrogens (tertiary/aromatic N) is 3. The van der Waals surface area contributed by atoms with E-state index in [9.17, 15) is 18.0 Å². The maximum Gasteiger partial charge on any atom is 0.410 e. The Labute approximate surface area is 260 Å². The molecule has 1 aromatic carbocycles. The van der Waals surface area contributed by atoms with Gasteiger partial charge in [-0.05, 0) is 89.5 Å². The highest BCUT2D eigenvalue weighted by atomic mass is 32.2. The molecule has 1 saturated heterocycles. The Kier molecular flexibility index (Phi) is 10.2. The number of hydrogen-bond donors (Lipinski definition) is 2. The lowest BCUT2D eigenvalue weighted by atomic mass is 9.89. The molecule has 0 radical (unpaired) electrons. The van der Waals surface area contributed by atoms with Crippen molar-refractivity contribution in [2.75, 3.05) is 25.0 Å². The zero-order valence-electron chi connectivity index (χ0n) is 26.3. The molecular weight excluding hydrogens is 582 g/mol. The second kappa shape index (κ2) is 13.6. The zero-order valence-corrected chi connectivity index (χ0v) is 27.1. The fraction of sp³-hybridized carbons (Fsp3) is 0.531. The van der Waals surface area contributed by atoms with Gasteiger partial charge < -0.3 is 24.6 Å². The van der Waals surface area contributed by atoms with Crippen molar-refractivity contribution >= 4 is 28.0 Å². The highest BCUT2D eigenvalue weighted by Crippen LogP contribution is 2.37. The van der Waals surface area contributed by atoms with E-state index in [-0.39, 0.29) is 41.3 Å². The molecule has 2 aromatic rings. The lowest BCUT2D eigenvalue weighted by molar-refractivity contribution is 0.0130. The van der Waals surface area contributed by atoms with Gasteiger partial charge in [-0.25, -0.2) is 28.1 Å². The summed E-state index contributed by atoms with van der Waals surface area (Å²) in [4.78, 5) is 33.4. The second-order valence-corrected chi connectivity index (χ2v) is 14.7. The lowest BCUT2D eigenvalue weighted by Gasteiger charge is -2.33. The molecule has 0 spiro atoms. The monoisotopic (exact) mass is 627 g/mol. The molecule has 2 unspecified atom stereocenters. The van der Waals surface area contributed by atoms with E-state index in [2.05, 4.69) is 24.1 Å². The molecule has 11 nitrogen and oxygen atoms in total. The normalized spacial score (nSPS) is 19.2. The third-order valence-electron chi connectivity index (χ3n) is 7.93. The first-order valence-corrected chi connectivity index (χ1v) is 16.6. The van der Waals surface area contributed by atoms with Gasteiger partial charge in [0.05, 0.1) is 0 Å². The van der Waals surface area contributed by atoms with Gasteiger partial charge in [0.25, 0.3) is 10.0 Å². The maximum absolute atomic E-state index is 12.9. The van der Waals surface area contributed by atoms with Gasteiger partial charge in [-0.1, -0.05) is 42.5 Å². The van der Waals surface area contributed by atoms with Crippen LogP contribution in [0.2, 0.25) is 0 Å². The minimum Gasteiger partial charge on any atom is -0.445 e. The molecule has 2 aliphatic heterocycles. The zero-order chi connectivity index (χ0) is 32.1. The molecule has 12 heteroatoms. The predicted octanol–water partition coefficient (Wildman–Crippen LogP) is 5.29. The first kappa shape index (κ1) is 33.3. The fourth-order valence-electron chi connectivity index (χ4n) is 5.78. The van der Waals surface area contributed by atoms with Crippen LogP contribution >= 0.6 is 0 Å². The van der Waals surface area contributed by atoms with Gasteiger partial charge in [0, 0.05) is 31.2 Å². The Balaban J connectivity index is 1.45. The van der Waals surface area contributed by atoms with Crippen molar-refractivity contribution in [3.8, 4) is 0 Å². The average Bonchev–Trinajstić information content (AvgIpc) is 3.27. The van der Waals surface area contributed by atoms with E-state index in [1.54, 1.807) is 17.0 Å². The van der Waals surface area contributed by atoms with E-state index in [0.717, 1.165) is 24.0 Å². The van der Waals surface area contributed by atoms with E-state index in [0.29, 0.717) is 38.3 Å². The highest BCUT2D eigenvalue weighted by molar-refractivity contribution is 7.89. The minimum atomic E-state index is -3.97. The van der Waals surface area contributed by atoms with Crippen LogP contribution in [-0.2, 0) is 26.1 Å². The quantitative estimate of drug-likeness (QED) is 0.357. The van der Waals surface area contributed by atoms with Gasteiger partial charge in [-0.3, -0.25) is 0 Å². The number of benzene rings is 1. The van der Waals surface area contributed by atoms with E-state index in [1.165, 1.54) is 6.07 Å². The van der Waals surface area contributed by atoms with Crippen LogP contribution in [-0.4, -0.2) is 72.2 Å². The Morgan fingerprint density at radius 1 is 1.11 bits per heavy atom. The summed E-state index contributed by atoms with van der Waals surface area (Å²) in [5.41, 5.74) is 1.11. The molecule has 2 aliphatic rings. The summed E-state index contributed by atoms with van der Waals surface area (Å²) in [6, 6.07) is 14.1. The Bertz CT molecular complexity index is 1450. The molecule has 0 aliphatic carbocycles. The number of primary sulfonamides is 1. The van der Waals surface area contributed by atoms with Crippen molar-refractivity contribution in [1.29, 1.82) is 0 Å². The largest absolute Gasteiger partial charge is 0.445 e. The fourth-order valence-corrected chi connectivity index (χ4v) is 6.27. The van der Waals surface area contributed by atoms with E-state index in [4.69, 9.17) is 14.6 Å². The van der Waals surface area contributed by atoms with Crippen molar-refractivity contribution in [1.82, 2.24) is 14.8 Å². The number of nitrogens with two attached hydrogens (primary N) is 1. The Hall–Kier alpha value is -3.64. The molecule has 0 saturated carbocycles. The van der Waals surface area contributed by atoms with Crippen LogP contribution in [0.1, 0.15) is 65.9 Å². The first-order valence-electron chi connectivity index (χ1n) is 15.0. The predicted molar refractivity (Wildman–Crippen MR) is 168 cm³/mol. The number of carbonyl (C=O) groups excluding carboxylic acids is 2. The summed E-state index contributed by atoms with van der Waals surface area (Å²) in [6.45, 7) is 11.4. The van der Waals surface area contributed by atoms with Crippen LogP contribution in [0.4, 0.5) is 15.4 Å². The van der Waals surface area contributed by atoms with Gasteiger partial charge in [-0.2, -0.15) is 0 Å². The van der Waals surface area contributed by atoms with Crippen molar-refractivity contribution in [3.05, 3.63) is 65.7 Å². The topological polar surface area (TPSA) is 144 Å². The Morgan fingerprint density at radius 3 is 2.48 bits per heavy atom. The lowest BCUT2D eigenvalue weighted by Crippen LogP contribution is -2.45. The standard InChI is InChI=1S/C32H45N5O6S/c1-31(2,3)43-30(39)37-21-24(20-32(37,4)5)14-15-26(34-27-12-9-13-28(35-27)44(33,40)41)25-16-18-36(19-17-25)29(38)42-22-23-10-7-6-8-11-23/h6-13,16,24,26H,14-15,17-22H2,1-5H3,(H,34,35)(H2,33,40,41). The van der Waals surface area contributed by atoms with Crippen LogP contribution < -0.4 is 10.5 Å². The number of carbonyl (C=O) groups is 2. The van der Waals surface area contributed by atoms with Crippen LogP contribution in [0.5, 0.6) is 0 Å². The number of amides is 2. The Morgan fingerprint density at radius 2 is 1.84 bits per heavy atom. The third-order valence-corrected chi connectivity index (χ3v) is 8.74. The number of anilines is 1. The molecule has 3 N–H and O–H groups in total. The summed E-state index contributed by atoms with van der Waals surface area (Å²) >= 11 is 0. The van der Waals surface area contributed by atoms with Crippen LogP contribution in [0.15, 0.2) is 65.2 Å². The molecule has 44 heavy (non-hydrogen) atoms. The summed E-state index contributed by atoms with van der Waals surface area (Å²) in [6.07, 6.45) is 4.33. The van der Waals surface area contributed by atoms with Crippen molar-refractivity contribution in [3.63, 3.8) is 0 Å². The van der Waals surface area contributed by atoms with E-state index < -0.39 is 15.6 Å². The maximum atomic E-state index is 12.9. The smallest absolute Gasteiger partial charge is 0.410 e. The van der Waals surface area contributed by atoms with Crippen molar-refractivity contribution in [2.45, 2.75) is 89.1 Å². The van der Waals surface area contributed by atoms with Gasteiger partial charge in [0.2, 0.25) is 0 Å². The number of hydrogen-bond acceptors (Lipinski definition) is 8. The molecular formula is C32H45N5O6S.